The van der Waals surface area contributed by atoms with Crippen LogP contribution in [0.25, 0.3) is 99.7 Å². The molecule has 55 heavy (non-hydrogen) atoms. The van der Waals surface area contributed by atoms with Crippen LogP contribution in [0.1, 0.15) is 0 Å². The summed E-state index contributed by atoms with van der Waals surface area (Å²) < 4.78 is 22.7. The maximum Gasteiger partial charge on any atom is 0.144 e. The highest BCUT2D eigenvalue weighted by Crippen LogP contribution is 2.42. The normalized spacial score (nSPS) is 11.8. The molecule has 0 N–H and O–H groups in total. The molecule has 6 aromatic carbocycles. The van der Waals surface area contributed by atoms with Gasteiger partial charge in [-0.25, -0.2) is 9.97 Å². The SMILES string of the molecule is COc1ccc2c(c1)c1nc(-c3cccc4c3oc3c(-c5ccc6c(n5)c5cc(OC)ccc5n6-c5ccccc5)cccc34)ccc1n2-c1ccccc1. The van der Waals surface area contributed by atoms with Gasteiger partial charge in [-0.1, -0.05) is 60.7 Å². The zero-order chi connectivity index (χ0) is 36.6. The lowest BCUT2D eigenvalue weighted by Gasteiger charge is -2.08. The fraction of sp³-hybridized carbons (Fsp3) is 0.0417. The van der Waals surface area contributed by atoms with E-state index < -0.39 is 0 Å². The minimum Gasteiger partial charge on any atom is -0.497 e. The second-order valence-corrected chi connectivity index (χ2v) is 13.7. The quantitative estimate of drug-likeness (QED) is 0.172. The molecule has 0 saturated heterocycles. The number of methoxy groups -OCH3 is 2. The number of hydrogen-bond acceptors (Lipinski definition) is 5. The number of aromatic nitrogens is 4. The predicted molar refractivity (Wildman–Crippen MR) is 222 cm³/mol. The lowest BCUT2D eigenvalue weighted by atomic mass is 10.0. The summed E-state index contributed by atoms with van der Waals surface area (Å²) >= 11 is 0. The first-order chi connectivity index (χ1) is 27.2. The highest BCUT2D eigenvalue weighted by atomic mass is 16.5. The highest BCUT2D eigenvalue weighted by Gasteiger charge is 2.21. The third kappa shape index (κ3) is 4.69. The van der Waals surface area contributed by atoms with Crippen LogP contribution in [0.3, 0.4) is 0 Å². The summed E-state index contributed by atoms with van der Waals surface area (Å²) in [4.78, 5) is 10.7. The molecule has 0 spiro atoms. The molecule has 11 aromatic rings. The van der Waals surface area contributed by atoms with E-state index in [1.807, 2.05) is 24.3 Å². The zero-order valence-electron chi connectivity index (χ0n) is 30.0. The molecule has 0 amide bonds. The fourth-order valence-corrected chi connectivity index (χ4v) is 8.21. The molecule has 262 valence electrons. The number of hydrogen-bond donors (Lipinski definition) is 0. The number of benzene rings is 6. The van der Waals surface area contributed by atoms with Crippen molar-refractivity contribution in [2.24, 2.45) is 0 Å². The Balaban J connectivity index is 1.10. The Hall–Kier alpha value is -7.38. The van der Waals surface area contributed by atoms with Crippen LogP contribution in [0.5, 0.6) is 11.5 Å². The molecule has 0 atom stereocenters. The molecular formula is C48H32N4O3. The van der Waals surface area contributed by atoms with Gasteiger partial charge in [0.05, 0.1) is 58.7 Å². The van der Waals surface area contributed by atoms with Gasteiger partial charge >= 0.3 is 0 Å². The first-order valence-electron chi connectivity index (χ1n) is 18.2. The Labute approximate surface area is 315 Å². The smallest absolute Gasteiger partial charge is 0.144 e. The van der Waals surface area contributed by atoms with E-state index in [0.717, 1.165) is 111 Å². The van der Waals surface area contributed by atoms with Gasteiger partial charge in [0, 0.05) is 44.0 Å². The zero-order valence-corrected chi connectivity index (χ0v) is 30.0. The molecule has 0 bridgehead atoms. The van der Waals surface area contributed by atoms with Crippen LogP contribution < -0.4 is 9.47 Å². The van der Waals surface area contributed by atoms with Crippen LogP contribution in [-0.4, -0.2) is 33.3 Å². The molecule has 7 heteroatoms. The van der Waals surface area contributed by atoms with Crippen molar-refractivity contribution in [3.63, 3.8) is 0 Å². The largest absolute Gasteiger partial charge is 0.497 e. The number of nitrogens with zero attached hydrogens (tertiary/aromatic N) is 4. The van der Waals surface area contributed by atoms with Crippen molar-refractivity contribution in [1.29, 1.82) is 0 Å². The third-order valence-electron chi connectivity index (χ3n) is 10.7. The van der Waals surface area contributed by atoms with E-state index in [2.05, 4.69) is 143 Å². The summed E-state index contributed by atoms with van der Waals surface area (Å²) in [5.41, 5.74) is 13.2. The maximum absolute atomic E-state index is 6.91. The lowest BCUT2D eigenvalue weighted by Crippen LogP contribution is -1.93. The molecule has 5 aromatic heterocycles. The van der Waals surface area contributed by atoms with Gasteiger partial charge in [0.25, 0.3) is 0 Å². The standard InChI is InChI=1S/C48H32N4O3/c1-53-31-19-23-41-37(27-31)45-43(51(41)29-11-5-3-6-12-29)25-21-39(49-45)35-17-9-15-33-34-16-10-18-36(48(34)55-47(33)35)40-22-26-44-46(50-40)38-28-32(54-2)20-24-42(38)52(44)30-13-7-4-8-14-30/h3-28H,1-2H3. The summed E-state index contributed by atoms with van der Waals surface area (Å²) in [5.74, 6) is 1.57. The average molecular weight is 713 g/mol. The van der Waals surface area contributed by atoms with E-state index in [1.54, 1.807) is 14.2 Å². The molecule has 0 saturated carbocycles. The number of furan rings is 1. The Morgan fingerprint density at radius 2 is 0.855 bits per heavy atom. The van der Waals surface area contributed by atoms with Gasteiger partial charge in [0.1, 0.15) is 22.7 Å². The number of fused-ring (bicyclic) bond motifs is 9. The van der Waals surface area contributed by atoms with Crippen LogP contribution in [0.4, 0.5) is 0 Å². The Morgan fingerprint density at radius 1 is 0.418 bits per heavy atom. The van der Waals surface area contributed by atoms with Crippen LogP contribution in [0, 0.1) is 0 Å². The molecule has 7 nitrogen and oxygen atoms in total. The number of rotatable bonds is 6. The second-order valence-electron chi connectivity index (χ2n) is 13.7. The topological polar surface area (TPSA) is 67.2 Å². The van der Waals surface area contributed by atoms with Crippen LogP contribution in [-0.2, 0) is 0 Å². The monoisotopic (exact) mass is 712 g/mol. The molecule has 0 aliphatic rings. The van der Waals surface area contributed by atoms with Gasteiger partial charge in [0.15, 0.2) is 0 Å². The lowest BCUT2D eigenvalue weighted by molar-refractivity contribution is 0.415. The van der Waals surface area contributed by atoms with E-state index in [1.165, 1.54) is 0 Å². The predicted octanol–water partition coefficient (Wildman–Crippen LogP) is 11.9. The van der Waals surface area contributed by atoms with Crippen molar-refractivity contribution in [2.45, 2.75) is 0 Å². The van der Waals surface area contributed by atoms with Crippen molar-refractivity contribution >= 4 is 65.8 Å². The van der Waals surface area contributed by atoms with Crippen LogP contribution in [0.15, 0.2) is 162 Å². The number of para-hydroxylation sites is 4. The highest BCUT2D eigenvalue weighted by molar-refractivity contribution is 6.14. The van der Waals surface area contributed by atoms with E-state index in [9.17, 15) is 0 Å². The fourth-order valence-electron chi connectivity index (χ4n) is 8.21. The maximum atomic E-state index is 6.91. The van der Waals surface area contributed by atoms with Crippen molar-refractivity contribution in [1.82, 2.24) is 19.1 Å². The van der Waals surface area contributed by atoms with Crippen molar-refractivity contribution in [3.05, 3.63) is 158 Å². The van der Waals surface area contributed by atoms with Crippen LogP contribution in [0.2, 0.25) is 0 Å². The summed E-state index contributed by atoms with van der Waals surface area (Å²) in [5, 5.41) is 4.09. The molecule has 11 rings (SSSR count). The molecular weight excluding hydrogens is 681 g/mol. The summed E-state index contributed by atoms with van der Waals surface area (Å²) in [6.45, 7) is 0. The molecule has 0 unspecified atom stereocenters. The molecule has 5 heterocycles. The number of pyridine rings is 2. The summed E-state index contributed by atoms with van der Waals surface area (Å²) in [6.07, 6.45) is 0. The summed E-state index contributed by atoms with van der Waals surface area (Å²) in [7, 11) is 3.39. The Morgan fingerprint density at radius 3 is 1.29 bits per heavy atom. The average Bonchev–Trinajstić information content (AvgIpc) is 3.91. The van der Waals surface area contributed by atoms with E-state index in [-0.39, 0.29) is 0 Å². The summed E-state index contributed by atoms with van der Waals surface area (Å²) in [6, 6.07) is 54.2. The van der Waals surface area contributed by atoms with E-state index in [4.69, 9.17) is 23.9 Å². The van der Waals surface area contributed by atoms with Crippen molar-refractivity contribution in [3.8, 4) is 45.4 Å². The van der Waals surface area contributed by atoms with Gasteiger partial charge in [-0.15, -0.1) is 0 Å². The Kier molecular flexibility index (Phi) is 6.85. The minimum atomic E-state index is 0.785. The van der Waals surface area contributed by atoms with Gasteiger partial charge < -0.3 is 23.0 Å². The van der Waals surface area contributed by atoms with Gasteiger partial charge in [-0.2, -0.15) is 0 Å². The van der Waals surface area contributed by atoms with Crippen molar-refractivity contribution < 1.29 is 13.9 Å². The van der Waals surface area contributed by atoms with Crippen molar-refractivity contribution in [2.75, 3.05) is 14.2 Å². The first-order valence-corrected chi connectivity index (χ1v) is 18.2. The number of ether oxygens (including phenoxy) is 2. The van der Waals surface area contributed by atoms with Crippen LogP contribution >= 0.6 is 0 Å². The second kappa shape index (κ2) is 12.1. The minimum absolute atomic E-state index is 0.785. The molecule has 0 fully saturated rings. The van der Waals surface area contributed by atoms with E-state index >= 15 is 0 Å². The molecule has 0 radical (unpaired) electrons. The molecule has 0 aliphatic heterocycles. The van der Waals surface area contributed by atoms with Gasteiger partial charge in [-0.05, 0) is 97.1 Å². The first kappa shape index (κ1) is 31.2. The Bertz CT molecular complexity index is 3070. The molecule has 0 aliphatic carbocycles. The van der Waals surface area contributed by atoms with Gasteiger partial charge in [0.2, 0.25) is 0 Å². The third-order valence-corrected chi connectivity index (χ3v) is 10.7. The van der Waals surface area contributed by atoms with Gasteiger partial charge in [-0.3, -0.25) is 0 Å². The van der Waals surface area contributed by atoms with E-state index in [0.29, 0.717) is 0 Å².